The van der Waals surface area contributed by atoms with Crippen LogP contribution >= 0.6 is 11.8 Å². The third kappa shape index (κ3) is 4.35. The number of fused-ring (bicyclic) bond motifs is 1. The van der Waals surface area contributed by atoms with Gasteiger partial charge in [-0.15, -0.1) is 0 Å². The van der Waals surface area contributed by atoms with Crippen molar-refractivity contribution in [3.8, 4) is 0 Å². The Balaban J connectivity index is 1.84. The molecule has 0 aromatic heterocycles. The summed E-state index contributed by atoms with van der Waals surface area (Å²) in [5, 5.41) is 12.7. The average molecular weight is 328 g/mol. The number of hydrogen-bond donors (Lipinski definition) is 1. The van der Waals surface area contributed by atoms with Crippen molar-refractivity contribution in [2.45, 2.75) is 25.7 Å². The first-order valence-electron chi connectivity index (χ1n) is 8.15. The Kier molecular flexibility index (Phi) is 5.34. The molecule has 0 saturated carbocycles. The summed E-state index contributed by atoms with van der Waals surface area (Å²) < 4.78 is 2.38. The lowest BCUT2D eigenvalue weighted by Crippen LogP contribution is -2.27. The van der Waals surface area contributed by atoms with Gasteiger partial charge in [-0.05, 0) is 22.8 Å². The van der Waals surface area contributed by atoms with Gasteiger partial charge in [-0.2, -0.15) is 0 Å². The summed E-state index contributed by atoms with van der Waals surface area (Å²) in [7, 11) is 0. The normalized spacial score (nSPS) is 14.9. The Morgan fingerprint density at radius 2 is 1.78 bits per heavy atom. The molecule has 4 heteroatoms. The van der Waals surface area contributed by atoms with Crippen LogP contribution in [0.15, 0.2) is 42.5 Å². The molecule has 3 rings (SSSR count). The third-order valence-electron chi connectivity index (χ3n) is 4.24. The van der Waals surface area contributed by atoms with Gasteiger partial charge in [-0.3, -0.25) is 4.79 Å². The summed E-state index contributed by atoms with van der Waals surface area (Å²) in [5.41, 5.74) is 1.25. The highest BCUT2D eigenvalue weighted by atomic mass is 32.2. The Bertz CT molecular complexity index is 731. The molecule has 1 fully saturated rings. The SMILES string of the molecule is O=C(O)CSC(Cc1ccc2ccccc2c1)=[N+]1CCCCC1. The first kappa shape index (κ1) is 16.1. The molecular formula is C19H22NO2S+. The van der Waals surface area contributed by atoms with E-state index in [1.807, 2.05) is 0 Å². The molecule has 0 radical (unpaired) electrons. The van der Waals surface area contributed by atoms with Crippen LogP contribution in [-0.4, -0.2) is 39.5 Å². The highest BCUT2D eigenvalue weighted by molar-refractivity contribution is 8.14. The van der Waals surface area contributed by atoms with Crippen molar-refractivity contribution in [1.29, 1.82) is 0 Å². The summed E-state index contributed by atoms with van der Waals surface area (Å²) in [6.07, 6.45) is 4.51. The van der Waals surface area contributed by atoms with E-state index in [4.69, 9.17) is 5.11 Å². The van der Waals surface area contributed by atoms with E-state index in [0.717, 1.165) is 19.5 Å². The van der Waals surface area contributed by atoms with Gasteiger partial charge in [0.25, 0.3) is 0 Å². The highest BCUT2D eigenvalue weighted by Crippen LogP contribution is 2.19. The molecule has 23 heavy (non-hydrogen) atoms. The molecule has 1 aliphatic heterocycles. The minimum atomic E-state index is -0.747. The minimum Gasteiger partial charge on any atom is -0.481 e. The van der Waals surface area contributed by atoms with Crippen molar-refractivity contribution >= 4 is 33.5 Å². The number of thioether (sulfide) groups is 1. The van der Waals surface area contributed by atoms with E-state index in [1.54, 1.807) is 0 Å². The second-order valence-electron chi connectivity index (χ2n) is 5.98. The minimum absolute atomic E-state index is 0.138. The zero-order chi connectivity index (χ0) is 16.1. The number of rotatable bonds is 4. The first-order valence-corrected chi connectivity index (χ1v) is 9.14. The summed E-state index contributed by atoms with van der Waals surface area (Å²) in [6, 6.07) is 14.9. The third-order valence-corrected chi connectivity index (χ3v) is 5.37. The van der Waals surface area contributed by atoms with Gasteiger partial charge >= 0.3 is 5.97 Å². The Labute approximate surface area is 141 Å². The maximum Gasteiger partial charge on any atom is 0.314 e. The molecule has 0 spiro atoms. The van der Waals surface area contributed by atoms with Crippen molar-refractivity contribution in [2.75, 3.05) is 18.8 Å². The second-order valence-corrected chi connectivity index (χ2v) is 7.03. The van der Waals surface area contributed by atoms with Crippen LogP contribution in [0.5, 0.6) is 0 Å². The summed E-state index contributed by atoms with van der Waals surface area (Å²) >= 11 is 1.48. The predicted molar refractivity (Wildman–Crippen MR) is 96.6 cm³/mol. The van der Waals surface area contributed by atoms with E-state index in [9.17, 15) is 4.79 Å². The lowest BCUT2D eigenvalue weighted by atomic mass is 10.1. The van der Waals surface area contributed by atoms with Gasteiger partial charge in [0.1, 0.15) is 18.8 Å². The fourth-order valence-electron chi connectivity index (χ4n) is 3.07. The van der Waals surface area contributed by atoms with Crippen molar-refractivity contribution in [1.82, 2.24) is 0 Å². The fraction of sp³-hybridized carbons (Fsp3) is 0.368. The van der Waals surface area contributed by atoms with Gasteiger partial charge in [-0.1, -0.05) is 54.2 Å². The standard InChI is InChI=1S/C19H21NO2S/c21-19(22)14-23-18(20-10-4-1-5-11-20)13-15-8-9-16-6-2-3-7-17(16)12-15/h2-3,6-9,12H,1,4-5,10-11,13-14H2/p+1. The highest BCUT2D eigenvalue weighted by Gasteiger charge is 2.20. The van der Waals surface area contributed by atoms with E-state index in [2.05, 4.69) is 47.0 Å². The van der Waals surface area contributed by atoms with Crippen molar-refractivity contribution in [3.05, 3.63) is 48.0 Å². The predicted octanol–water partition coefficient (Wildman–Crippen LogP) is 3.80. The van der Waals surface area contributed by atoms with Gasteiger partial charge < -0.3 is 5.11 Å². The molecule has 2 aromatic rings. The van der Waals surface area contributed by atoms with Crippen LogP contribution in [0.25, 0.3) is 10.8 Å². The van der Waals surface area contributed by atoms with Crippen LogP contribution in [-0.2, 0) is 11.2 Å². The molecular weight excluding hydrogens is 306 g/mol. The van der Waals surface area contributed by atoms with Crippen LogP contribution in [0.2, 0.25) is 0 Å². The van der Waals surface area contributed by atoms with E-state index >= 15 is 0 Å². The maximum atomic E-state index is 11.0. The lowest BCUT2D eigenvalue weighted by Gasteiger charge is -2.14. The van der Waals surface area contributed by atoms with Gasteiger partial charge in [0.15, 0.2) is 0 Å². The van der Waals surface area contributed by atoms with Crippen LogP contribution in [0, 0.1) is 0 Å². The number of carboxylic acids is 1. The van der Waals surface area contributed by atoms with Crippen LogP contribution in [0.3, 0.4) is 0 Å². The van der Waals surface area contributed by atoms with Crippen molar-refractivity contribution in [2.24, 2.45) is 0 Å². The molecule has 2 aromatic carbocycles. The molecule has 120 valence electrons. The second kappa shape index (κ2) is 7.64. The molecule has 0 unspecified atom stereocenters. The summed E-state index contributed by atoms with van der Waals surface area (Å²) in [5.74, 6) is -0.609. The molecule has 0 bridgehead atoms. The number of carboxylic acid groups (broad SMARTS) is 1. The number of nitrogens with zero attached hydrogens (tertiary/aromatic N) is 1. The number of benzene rings is 2. The van der Waals surface area contributed by atoms with Gasteiger partial charge in [0, 0.05) is 12.8 Å². The Morgan fingerprint density at radius 3 is 2.52 bits per heavy atom. The largest absolute Gasteiger partial charge is 0.481 e. The molecule has 1 heterocycles. The zero-order valence-corrected chi connectivity index (χ0v) is 14.0. The van der Waals surface area contributed by atoms with E-state index in [1.165, 1.54) is 52.4 Å². The lowest BCUT2D eigenvalue weighted by molar-refractivity contribution is -0.535. The van der Waals surface area contributed by atoms with Crippen LogP contribution in [0.1, 0.15) is 24.8 Å². The summed E-state index contributed by atoms with van der Waals surface area (Å²) in [4.78, 5) is 11.0. The molecule has 3 nitrogen and oxygen atoms in total. The quantitative estimate of drug-likeness (QED) is 0.685. The smallest absolute Gasteiger partial charge is 0.314 e. The maximum absolute atomic E-state index is 11.0. The van der Waals surface area contributed by atoms with Crippen molar-refractivity contribution in [3.63, 3.8) is 0 Å². The molecule has 0 atom stereocenters. The topological polar surface area (TPSA) is 40.3 Å². The van der Waals surface area contributed by atoms with Crippen molar-refractivity contribution < 1.29 is 14.5 Å². The van der Waals surface area contributed by atoms with E-state index in [-0.39, 0.29) is 5.75 Å². The van der Waals surface area contributed by atoms with Crippen LogP contribution < -0.4 is 0 Å². The Hall–Kier alpha value is -1.81. The fourth-order valence-corrected chi connectivity index (χ4v) is 3.99. The molecule has 0 amide bonds. The number of carbonyl (C=O) groups is 1. The zero-order valence-electron chi connectivity index (χ0n) is 13.2. The first-order chi connectivity index (χ1) is 11.2. The molecule has 0 aliphatic carbocycles. The molecule has 1 saturated heterocycles. The monoisotopic (exact) mass is 328 g/mol. The molecule has 1 N–H and O–H groups in total. The average Bonchev–Trinajstić information content (AvgIpc) is 2.59. The number of piperidine rings is 1. The van der Waals surface area contributed by atoms with Crippen LogP contribution in [0.4, 0.5) is 0 Å². The summed E-state index contributed by atoms with van der Waals surface area (Å²) in [6.45, 7) is 2.10. The van der Waals surface area contributed by atoms with Gasteiger partial charge in [0.05, 0.1) is 6.42 Å². The van der Waals surface area contributed by atoms with Gasteiger partial charge in [-0.25, -0.2) is 4.58 Å². The van der Waals surface area contributed by atoms with E-state index in [0.29, 0.717) is 0 Å². The number of hydrogen-bond acceptors (Lipinski definition) is 2. The van der Waals surface area contributed by atoms with E-state index < -0.39 is 5.97 Å². The van der Waals surface area contributed by atoms with Gasteiger partial charge in [0.2, 0.25) is 5.04 Å². The number of aliphatic carboxylic acids is 1. The molecule has 1 aliphatic rings. The Morgan fingerprint density at radius 1 is 1.04 bits per heavy atom.